The van der Waals surface area contributed by atoms with Crippen LogP contribution in [0.3, 0.4) is 0 Å². The summed E-state index contributed by atoms with van der Waals surface area (Å²) in [6.45, 7) is 5.22. The van der Waals surface area contributed by atoms with Gasteiger partial charge in [-0.1, -0.05) is 13.3 Å². The summed E-state index contributed by atoms with van der Waals surface area (Å²) in [6, 6.07) is 2.24. The Labute approximate surface area is 112 Å². The molecule has 0 spiro atoms. The molecule has 1 aliphatic carbocycles. The van der Waals surface area contributed by atoms with Crippen molar-refractivity contribution in [3.05, 3.63) is 16.8 Å². The molecule has 0 unspecified atom stereocenters. The zero-order valence-electron chi connectivity index (χ0n) is 11.0. The highest BCUT2D eigenvalue weighted by Gasteiger charge is 2.24. The lowest BCUT2D eigenvalue weighted by Crippen LogP contribution is -2.14. The smallest absolute Gasteiger partial charge is 0.138 e. The summed E-state index contributed by atoms with van der Waals surface area (Å²) in [7, 11) is 0. The van der Waals surface area contributed by atoms with Gasteiger partial charge in [0.05, 0.1) is 5.39 Å². The van der Waals surface area contributed by atoms with E-state index in [1.165, 1.54) is 29.5 Å². The first-order valence-electron chi connectivity index (χ1n) is 6.86. The van der Waals surface area contributed by atoms with Crippen molar-refractivity contribution in [3.8, 4) is 0 Å². The molecule has 0 aliphatic heterocycles. The van der Waals surface area contributed by atoms with Crippen molar-refractivity contribution in [2.45, 2.75) is 45.4 Å². The second kappa shape index (κ2) is 4.84. The number of aryl methyl sites for hydroxylation is 1. The summed E-state index contributed by atoms with van der Waals surface area (Å²) in [6.07, 6.45) is 4.91. The molecule has 3 nitrogen and oxygen atoms in total. The van der Waals surface area contributed by atoms with Gasteiger partial charge in [-0.3, -0.25) is 0 Å². The first-order valence-corrected chi connectivity index (χ1v) is 7.67. The quantitative estimate of drug-likeness (QED) is 0.905. The molecule has 0 amide bonds. The van der Waals surface area contributed by atoms with Crippen molar-refractivity contribution in [2.75, 3.05) is 11.9 Å². The molecule has 0 radical (unpaired) electrons. The first kappa shape index (κ1) is 11.9. The van der Waals surface area contributed by atoms with Gasteiger partial charge in [-0.2, -0.15) is 0 Å². The molecule has 0 aromatic carbocycles. The van der Waals surface area contributed by atoms with Crippen LogP contribution in [0.1, 0.15) is 49.7 Å². The van der Waals surface area contributed by atoms with Crippen molar-refractivity contribution in [3.63, 3.8) is 0 Å². The van der Waals surface area contributed by atoms with Gasteiger partial charge in [0, 0.05) is 17.3 Å². The van der Waals surface area contributed by atoms with E-state index in [9.17, 15) is 0 Å². The topological polar surface area (TPSA) is 37.8 Å². The highest BCUT2D eigenvalue weighted by atomic mass is 32.1. The Kier molecular flexibility index (Phi) is 3.20. The van der Waals surface area contributed by atoms with E-state index >= 15 is 0 Å². The molecule has 2 aromatic rings. The van der Waals surface area contributed by atoms with Crippen LogP contribution in [0.5, 0.6) is 0 Å². The molecule has 1 saturated carbocycles. The van der Waals surface area contributed by atoms with Gasteiger partial charge >= 0.3 is 0 Å². The summed E-state index contributed by atoms with van der Waals surface area (Å²) >= 11 is 1.81. The third-order valence-corrected chi connectivity index (χ3v) is 4.80. The van der Waals surface area contributed by atoms with Crippen LogP contribution in [0.4, 0.5) is 5.82 Å². The van der Waals surface area contributed by atoms with Crippen LogP contribution in [0.25, 0.3) is 10.2 Å². The maximum Gasteiger partial charge on any atom is 0.138 e. The van der Waals surface area contributed by atoms with Crippen LogP contribution < -0.4 is 5.32 Å². The van der Waals surface area contributed by atoms with Crippen molar-refractivity contribution in [1.82, 2.24) is 9.97 Å². The second-order valence-electron chi connectivity index (χ2n) is 4.87. The van der Waals surface area contributed by atoms with Gasteiger partial charge in [-0.05, 0) is 32.3 Å². The standard InChI is InChI=1S/C14H19N3S/c1-3-10-8-11-13(15-4-2)16-12(9-6-5-7-9)17-14(11)18-10/h8-9H,3-7H2,1-2H3,(H,15,16,17). The average Bonchev–Trinajstić information content (AvgIpc) is 2.70. The van der Waals surface area contributed by atoms with E-state index in [1.54, 1.807) is 0 Å². The summed E-state index contributed by atoms with van der Waals surface area (Å²) < 4.78 is 0. The molecule has 1 fully saturated rings. The minimum atomic E-state index is 0.596. The number of thiophene rings is 1. The molecule has 2 aromatic heterocycles. The number of hydrogen-bond acceptors (Lipinski definition) is 4. The molecular weight excluding hydrogens is 242 g/mol. The Balaban J connectivity index is 2.10. The molecule has 0 bridgehead atoms. The van der Waals surface area contributed by atoms with E-state index in [1.807, 2.05) is 11.3 Å². The van der Waals surface area contributed by atoms with Crippen LogP contribution in [0, 0.1) is 0 Å². The van der Waals surface area contributed by atoms with E-state index in [-0.39, 0.29) is 0 Å². The predicted molar refractivity (Wildman–Crippen MR) is 77.5 cm³/mol. The fourth-order valence-corrected chi connectivity index (χ4v) is 3.29. The van der Waals surface area contributed by atoms with Crippen LogP contribution in [0.15, 0.2) is 6.07 Å². The van der Waals surface area contributed by atoms with Crippen molar-refractivity contribution < 1.29 is 0 Å². The van der Waals surface area contributed by atoms with E-state index in [0.29, 0.717) is 5.92 Å². The minimum Gasteiger partial charge on any atom is -0.370 e. The average molecular weight is 261 g/mol. The van der Waals surface area contributed by atoms with Crippen molar-refractivity contribution in [1.29, 1.82) is 0 Å². The fourth-order valence-electron chi connectivity index (χ4n) is 2.31. The molecule has 1 aliphatic rings. The number of aromatic nitrogens is 2. The van der Waals surface area contributed by atoms with E-state index < -0.39 is 0 Å². The molecular formula is C14H19N3S. The lowest BCUT2D eigenvalue weighted by Gasteiger charge is -2.24. The fraction of sp³-hybridized carbons (Fsp3) is 0.571. The summed E-state index contributed by atoms with van der Waals surface area (Å²) in [4.78, 5) is 12.1. The Hall–Kier alpha value is -1.16. The van der Waals surface area contributed by atoms with E-state index in [2.05, 4.69) is 25.2 Å². The summed E-state index contributed by atoms with van der Waals surface area (Å²) in [5.41, 5.74) is 0. The minimum absolute atomic E-state index is 0.596. The Morgan fingerprint density at radius 3 is 2.78 bits per heavy atom. The molecule has 18 heavy (non-hydrogen) atoms. The Bertz CT molecular complexity index is 557. The summed E-state index contributed by atoms with van der Waals surface area (Å²) in [5, 5.41) is 4.58. The number of hydrogen-bond donors (Lipinski definition) is 1. The third-order valence-electron chi connectivity index (χ3n) is 3.62. The molecule has 4 heteroatoms. The lowest BCUT2D eigenvalue weighted by atomic mass is 9.85. The molecule has 0 saturated heterocycles. The lowest BCUT2D eigenvalue weighted by molar-refractivity contribution is 0.403. The highest BCUT2D eigenvalue weighted by molar-refractivity contribution is 7.18. The monoisotopic (exact) mass is 261 g/mol. The molecule has 96 valence electrons. The molecule has 0 atom stereocenters. The zero-order chi connectivity index (χ0) is 12.5. The van der Waals surface area contributed by atoms with Gasteiger partial charge in [0.2, 0.25) is 0 Å². The number of anilines is 1. The molecule has 2 heterocycles. The SMILES string of the molecule is CCNc1nc(C2CCC2)nc2sc(CC)cc12. The zero-order valence-corrected chi connectivity index (χ0v) is 11.8. The van der Waals surface area contributed by atoms with Crippen LogP contribution in [-0.4, -0.2) is 16.5 Å². The predicted octanol–water partition coefficient (Wildman–Crippen LogP) is 3.95. The Morgan fingerprint density at radius 2 is 2.17 bits per heavy atom. The molecule has 1 N–H and O–H groups in total. The van der Waals surface area contributed by atoms with E-state index in [4.69, 9.17) is 9.97 Å². The van der Waals surface area contributed by atoms with Crippen molar-refractivity contribution >= 4 is 27.4 Å². The van der Waals surface area contributed by atoms with E-state index in [0.717, 1.165) is 29.4 Å². The van der Waals surface area contributed by atoms with Gasteiger partial charge in [-0.25, -0.2) is 9.97 Å². The molecule has 3 rings (SSSR count). The van der Waals surface area contributed by atoms with Crippen LogP contribution in [0.2, 0.25) is 0 Å². The second-order valence-corrected chi connectivity index (χ2v) is 5.99. The number of nitrogens with zero attached hydrogens (tertiary/aromatic N) is 2. The van der Waals surface area contributed by atoms with Gasteiger partial charge < -0.3 is 5.32 Å². The maximum absolute atomic E-state index is 4.78. The number of nitrogens with one attached hydrogen (secondary N) is 1. The maximum atomic E-state index is 4.78. The van der Waals surface area contributed by atoms with Gasteiger partial charge in [0.1, 0.15) is 16.5 Å². The normalized spacial score (nSPS) is 15.9. The van der Waals surface area contributed by atoms with Crippen LogP contribution in [-0.2, 0) is 6.42 Å². The first-order chi connectivity index (χ1) is 8.81. The van der Waals surface area contributed by atoms with Gasteiger partial charge in [-0.15, -0.1) is 11.3 Å². The van der Waals surface area contributed by atoms with Crippen LogP contribution >= 0.6 is 11.3 Å². The summed E-state index contributed by atoms with van der Waals surface area (Å²) in [5.74, 6) is 2.67. The van der Waals surface area contributed by atoms with Gasteiger partial charge in [0.15, 0.2) is 0 Å². The number of rotatable bonds is 4. The highest BCUT2D eigenvalue weighted by Crippen LogP contribution is 2.37. The van der Waals surface area contributed by atoms with Crippen molar-refractivity contribution in [2.24, 2.45) is 0 Å². The number of fused-ring (bicyclic) bond motifs is 1. The third kappa shape index (κ3) is 1.99. The van der Waals surface area contributed by atoms with Gasteiger partial charge in [0.25, 0.3) is 0 Å². The Morgan fingerprint density at radius 1 is 1.33 bits per heavy atom. The largest absolute Gasteiger partial charge is 0.370 e.